The van der Waals surface area contributed by atoms with Crippen LogP contribution in [0.1, 0.15) is 27.2 Å². The molecule has 2 atom stereocenters. The van der Waals surface area contributed by atoms with Crippen LogP contribution in [0, 0.1) is 17.3 Å². The Balaban J connectivity index is 2.20. The van der Waals surface area contributed by atoms with E-state index in [1.54, 1.807) is 0 Å². The van der Waals surface area contributed by atoms with Crippen LogP contribution in [0.2, 0.25) is 0 Å². The largest absolute Gasteiger partial charge is 0.396 e. The van der Waals surface area contributed by atoms with E-state index >= 15 is 0 Å². The fourth-order valence-electron chi connectivity index (χ4n) is 1.38. The van der Waals surface area contributed by atoms with E-state index in [9.17, 15) is 4.79 Å². The van der Waals surface area contributed by atoms with E-state index in [0.29, 0.717) is 6.54 Å². The lowest BCUT2D eigenvalue weighted by Gasteiger charge is -2.10. The van der Waals surface area contributed by atoms with Crippen LogP contribution >= 0.6 is 0 Å². The van der Waals surface area contributed by atoms with Crippen molar-refractivity contribution in [3.8, 4) is 0 Å². The fourth-order valence-corrected chi connectivity index (χ4v) is 1.38. The van der Waals surface area contributed by atoms with Gasteiger partial charge in [-0.05, 0) is 17.8 Å². The number of hydrogen-bond donors (Lipinski definition) is 2. The van der Waals surface area contributed by atoms with Crippen LogP contribution in [0.25, 0.3) is 0 Å². The summed E-state index contributed by atoms with van der Waals surface area (Å²) in [5.74, 6) is 0.495. The lowest BCUT2D eigenvalue weighted by Crippen LogP contribution is -2.31. The first-order valence-electron chi connectivity index (χ1n) is 4.86. The predicted octanol–water partition coefficient (Wildman–Crippen LogP) is 0.777. The maximum absolute atomic E-state index is 11.4. The first-order chi connectivity index (χ1) is 5.97. The number of nitrogens with one attached hydrogen (secondary N) is 1. The summed E-state index contributed by atoms with van der Waals surface area (Å²) in [5, 5.41) is 11.6. The minimum atomic E-state index is 0.133. The SMILES string of the molecule is CC(CO)CNC(=O)C1CC1(C)C. The van der Waals surface area contributed by atoms with Gasteiger partial charge in [-0.25, -0.2) is 0 Å². The molecule has 0 radical (unpaired) electrons. The first-order valence-corrected chi connectivity index (χ1v) is 4.86. The van der Waals surface area contributed by atoms with Crippen molar-refractivity contribution < 1.29 is 9.90 Å². The van der Waals surface area contributed by atoms with Gasteiger partial charge in [0.15, 0.2) is 0 Å². The molecule has 0 aromatic rings. The summed E-state index contributed by atoms with van der Waals surface area (Å²) < 4.78 is 0. The third-order valence-electron chi connectivity index (χ3n) is 2.77. The molecule has 1 saturated carbocycles. The number of rotatable bonds is 4. The van der Waals surface area contributed by atoms with Crippen molar-refractivity contribution in [3.63, 3.8) is 0 Å². The van der Waals surface area contributed by atoms with E-state index in [1.807, 2.05) is 6.92 Å². The number of carbonyl (C=O) groups is 1. The molecular formula is C10H19NO2. The van der Waals surface area contributed by atoms with Crippen molar-refractivity contribution in [1.82, 2.24) is 5.32 Å². The Bertz CT molecular complexity index is 201. The number of amides is 1. The molecular weight excluding hydrogens is 166 g/mol. The standard InChI is InChI=1S/C10H19NO2/c1-7(6-12)5-11-9(13)8-4-10(8,2)3/h7-8,12H,4-6H2,1-3H3,(H,11,13). The topological polar surface area (TPSA) is 49.3 Å². The second-order valence-corrected chi connectivity index (χ2v) is 4.78. The molecule has 0 saturated heterocycles. The van der Waals surface area contributed by atoms with Crippen molar-refractivity contribution in [2.24, 2.45) is 17.3 Å². The molecule has 0 aromatic carbocycles. The molecule has 0 bridgehead atoms. The van der Waals surface area contributed by atoms with Crippen molar-refractivity contribution in [2.75, 3.05) is 13.2 Å². The summed E-state index contributed by atoms with van der Waals surface area (Å²) in [7, 11) is 0. The Morgan fingerprint density at radius 1 is 1.69 bits per heavy atom. The van der Waals surface area contributed by atoms with E-state index in [0.717, 1.165) is 6.42 Å². The van der Waals surface area contributed by atoms with Gasteiger partial charge in [0.1, 0.15) is 0 Å². The predicted molar refractivity (Wildman–Crippen MR) is 51.1 cm³/mol. The Hall–Kier alpha value is -0.570. The molecule has 1 rings (SSSR count). The Morgan fingerprint density at radius 2 is 2.23 bits per heavy atom. The number of aliphatic hydroxyl groups excluding tert-OH is 1. The molecule has 13 heavy (non-hydrogen) atoms. The highest BCUT2D eigenvalue weighted by Gasteiger charge is 2.50. The van der Waals surface area contributed by atoms with Gasteiger partial charge in [-0.1, -0.05) is 20.8 Å². The highest BCUT2D eigenvalue weighted by atomic mass is 16.3. The van der Waals surface area contributed by atoms with Gasteiger partial charge >= 0.3 is 0 Å². The highest BCUT2D eigenvalue weighted by Crippen LogP contribution is 2.51. The van der Waals surface area contributed by atoms with Crippen LogP contribution in [0.15, 0.2) is 0 Å². The zero-order valence-electron chi connectivity index (χ0n) is 8.63. The molecule has 0 spiro atoms. The number of aliphatic hydroxyl groups is 1. The average Bonchev–Trinajstić information content (AvgIpc) is 2.70. The zero-order chi connectivity index (χ0) is 10.1. The molecule has 0 aliphatic heterocycles. The van der Waals surface area contributed by atoms with Gasteiger partial charge in [0, 0.05) is 19.1 Å². The van der Waals surface area contributed by atoms with Gasteiger partial charge in [-0.15, -0.1) is 0 Å². The van der Waals surface area contributed by atoms with Crippen LogP contribution in [-0.4, -0.2) is 24.2 Å². The molecule has 1 amide bonds. The minimum absolute atomic E-state index is 0.133. The van der Waals surface area contributed by atoms with Crippen LogP contribution < -0.4 is 5.32 Å². The first kappa shape index (κ1) is 10.5. The molecule has 0 heterocycles. The summed E-state index contributed by atoms with van der Waals surface area (Å²) in [6.45, 7) is 6.84. The maximum atomic E-state index is 11.4. The van der Waals surface area contributed by atoms with Crippen LogP contribution in [0.5, 0.6) is 0 Å². The summed E-state index contributed by atoms with van der Waals surface area (Å²) in [6, 6.07) is 0. The minimum Gasteiger partial charge on any atom is -0.396 e. The third kappa shape index (κ3) is 2.69. The number of carbonyl (C=O) groups excluding carboxylic acids is 1. The summed E-state index contributed by atoms with van der Waals surface area (Å²) in [6.07, 6.45) is 0.992. The Morgan fingerprint density at radius 3 is 2.62 bits per heavy atom. The van der Waals surface area contributed by atoms with Crippen molar-refractivity contribution >= 4 is 5.91 Å². The molecule has 0 aromatic heterocycles. The van der Waals surface area contributed by atoms with E-state index in [-0.39, 0.29) is 29.8 Å². The lowest BCUT2D eigenvalue weighted by molar-refractivity contribution is -0.123. The highest BCUT2D eigenvalue weighted by molar-refractivity contribution is 5.82. The monoisotopic (exact) mass is 185 g/mol. The normalized spacial score (nSPS) is 26.6. The molecule has 1 aliphatic rings. The van der Waals surface area contributed by atoms with Gasteiger partial charge in [-0.2, -0.15) is 0 Å². The van der Waals surface area contributed by atoms with Crippen LogP contribution in [0.4, 0.5) is 0 Å². The smallest absolute Gasteiger partial charge is 0.223 e. The third-order valence-corrected chi connectivity index (χ3v) is 2.77. The molecule has 2 N–H and O–H groups in total. The van der Waals surface area contributed by atoms with E-state index < -0.39 is 0 Å². The Labute approximate surface area is 79.5 Å². The fraction of sp³-hybridized carbons (Fsp3) is 0.900. The lowest BCUT2D eigenvalue weighted by atomic mass is 10.1. The summed E-state index contributed by atoms with van der Waals surface area (Å²) in [4.78, 5) is 11.4. The average molecular weight is 185 g/mol. The molecule has 3 heteroatoms. The number of hydrogen-bond acceptors (Lipinski definition) is 2. The summed E-state index contributed by atoms with van der Waals surface area (Å²) >= 11 is 0. The maximum Gasteiger partial charge on any atom is 0.223 e. The zero-order valence-corrected chi connectivity index (χ0v) is 8.63. The van der Waals surface area contributed by atoms with Crippen LogP contribution in [0.3, 0.4) is 0 Å². The Kier molecular flexibility index (Phi) is 2.96. The van der Waals surface area contributed by atoms with Crippen molar-refractivity contribution in [2.45, 2.75) is 27.2 Å². The quantitative estimate of drug-likeness (QED) is 0.680. The molecule has 3 nitrogen and oxygen atoms in total. The molecule has 76 valence electrons. The molecule has 1 fully saturated rings. The van der Waals surface area contributed by atoms with Crippen molar-refractivity contribution in [1.29, 1.82) is 0 Å². The van der Waals surface area contributed by atoms with Gasteiger partial charge in [0.25, 0.3) is 0 Å². The molecule has 1 aliphatic carbocycles. The van der Waals surface area contributed by atoms with Gasteiger partial charge < -0.3 is 10.4 Å². The summed E-state index contributed by atoms with van der Waals surface area (Å²) in [5.41, 5.74) is 0.201. The van der Waals surface area contributed by atoms with E-state index in [1.165, 1.54) is 0 Å². The van der Waals surface area contributed by atoms with Gasteiger partial charge in [0.05, 0.1) is 0 Å². The second kappa shape index (κ2) is 3.66. The van der Waals surface area contributed by atoms with Crippen LogP contribution in [-0.2, 0) is 4.79 Å². The second-order valence-electron chi connectivity index (χ2n) is 4.78. The molecule has 2 unspecified atom stereocenters. The van der Waals surface area contributed by atoms with E-state index in [4.69, 9.17) is 5.11 Å². The van der Waals surface area contributed by atoms with Crippen molar-refractivity contribution in [3.05, 3.63) is 0 Å². The van der Waals surface area contributed by atoms with E-state index in [2.05, 4.69) is 19.2 Å². The van der Waals surface area contributed by atoms with Gasteiger partial charge in [0.2, 0.25) is 5.91 Å². The van der Waals surface area contributed by atoms with Gasteiger partial charge in [-0.3, -0.25) is 4.79 Å².